The van der Waals surface area contributed by atoms with Crippen LogP contribution in [0.5, 0.6) is 5.75 Å². The van der Waals surface area contributed by atoms with Crippen LogP contribution in [0.4, 0.5) is 13.2 Å². The molecule has 2 rings (SSSR count). The number of methoxy groups -OCH3 is 1. The number of amides is 1. The first kappa shape index (κ1) is 23.7. The molecule has 0 aliphatic heterocycles. The van der Waals surface area contributed by atoms with E-state index in [1.54, 1.807) is 0 Å². The van der Waals surface area contributed by atoms with Crippen molar-refractivity contribution >= 4 is 17.8 Å². The van der Waals surface area contributed by atoms with Gasteiger partial charge in [0.1, 0.15) is 12.3 Å². The number of carbonyl (C=O) groups is 3. The van der Waals surface area contributed by atoms with Crippen molar-refractivity contribution < 1.29 is 42.5 Å². The lowest BCUT2D eigenvalue weighted by molar-refractivity contribution is -0.144. The lowest BCUT2D eigenvalue weighted by Gasteiger charge is -2.24. The predicted molar refractivity (Wildman–Crippen MR) is 103 cm³/mol. The molecule has 0 aliphatic carbocycles. The number of benzene rings is 2. The number of aliphatic carboxylic acids is 2. The second-order valence-electron chi connectivity index (χ2n) is 6.69. The third-order valence-corrected chi connectivity index (χ3v) is 4.55. The van der Waals surface area contributed by atoms with Crippen LogP contribution in [0.3, 0.4) is 0 Å². The predicted octanol–water partition coefficient (Wildman–Crippen LogP) is 3.44. The van der Waals surface area contributed by atoms with Crippen LogP contribution in [0.1, 0.15) is 23.6 Å². The van der Waals surface area contributed by atoms with Crippen molar-refractivity contribution in [1.29, 1.82) is 0 Å². The summed E-state index contributed by atoms with van der Waals surface area (Å²) in [5, 5.41) is 18.4. The Bertz CT molecular complexity index is 986. The number of carbonyl (C=O) groups excluding carboxylic acids is 1. The van der Waals surface area contributed by atoms with Gasteiger partial charge in [-0.1, -0.05) is 18.2 Å². The minimum Gasteiger partial charge on any atom is -0.496 e. The van der Waals surface area contributed by atoms with Crippen molar-refractivity contribution in [2.75, 3.05) is 13.7 Å². The minimum atomic E-state index is -4.54. The van der Waals surface area contributed by atoms with Crippen LogP contribution >= 0.6 is 0 Å². The molecule has 0 spiro atoms. The summed E-state index contributed by atoms with van der Waals surface area (Å²) in [5.74, 6) is -2.76. The van der Waals surface area contributed by atoms with Gasteiger partial charge in [0.25, 0.3) is 0 Å². The van der Waals surface area contributed by atoms with Crippen molar-refractivity contribution in [3.05, 3.63) is 53.1 Å². The number of rotatable bonds is 8. The zero-order valence-electron chi connectivity index (χ0n) is 16.7. The maximum absolute atomic E-state index is 12.9. The zero-order chi connectivity index (χ0) is 23.3. The average Bonchev–Trinajstić information content (AvgIpc) is 2.67. The van der Waals surface area contributed by atoms with Crippen LogP contribution in [-0.2, 0) is 33.5 Å². The van der Waals surface area contributed by atoms with Gasteiger partial charge in [-0.3, -0.25) is 14.4 Å². The van der Waals surface area contributed by atoms with Gasteiger partial charge in [0.15, 0.2) is 0 Å². The van der Waals surface area contributed by atoms with Gasteiger partial charge in [0.05, 0.1) is 19.1 Å². The van der Waals surface area contributed by atoms with Gasteiger partial charge in [-0.25, -0.2) is 0 Å². The van der Waals surface area contributed by atoms with E-state index in [4.69, 9.17) is 9.84 Å². The van der Waals surface area contributed by atoms with E-state index >= 15 is 0 Å². The molecule has 2 aromatic carbocycles. The number of halogens is 3. The van der Waals surface area contributed by atoms with Gasteiger partial charge in [0, 0.05) is 19.0 Å². The third-order valence-electron chi connectivity index (χ3n) is 4.55. The molecule has 0 atom stereocenters. The molecule has 0 aromatic heterocycles. The van der Waals surface area contributed by atoms with Crippen LogP contribution in [0.15, 0.2) is 36.4 Å². The van der Waals surface area contributed by atoms with Gasteiger partial charge in [-0.2, -0.15) is 13.2 Å². The molecule has 0 unspecified atom stereocenters. The number of alkyl halides is 3. The van der Waals surface area contributed by atoms with E-state index in [1.165, 1.54) is 31.4 Å². The molecule has 7 nitrogen and oxygen atoms in total. The number of hydrogen-bond donors (Lipinski definition) is 2. The second kappa shape index (κ2) is 9.50. The van der Waals surface area contributed by atoms with E-state index in [0.29, 0.717) is 5.56 Å². The van der Waals surface area contributed by atoms with Crippen LogP contribution in [0, 0.1) is 0 Å². The molecule has 0 heterocycles. The second-order valence-corrected chi connectivity index (χ2v) is 6.69. The van der Waals surface area contributed by atoms with Crippen molar-refractivity contribution in [1.82, 2.24) is 4.90 Å². The van der Waals surface area contributed by atoms with Crippen LogP contribution in [0.2, 0.25) is 0 Å². The Labute approximate surface area is 175 Å². The average molecular weight is 439 g/mol. The molecule has 2 N–H and O–H groups in total. The Morgan fingerprint density at radius 2 is 1.61 bits per heavy atom. The number of carboxylic acids is 2. The van der Waals surface area contributed by atoms with Gasteiger partial charge in [-0.05, 0) is 34.9 Å². The van der Waals surface area contributed by atoms with Gasteiger partial charge < -0.3 is 19.8 Å². The summed E-state index contributed by atoms with van der Waals surface area (Å²) in [6.45, 7) is 0.265. The fraction of sp³-hybridized carbons (Fsp3) is 0.286. The highest BCUT2D eigenvalue weighted by Crippen LogP contribution is 2.38. The maximum Gasteiger partial charge on any atom is 0.416 e. The fourth-order valence-electron chi connectivity index (χ4n) is 3.12. The Balaban J connectivity index is 2.70. The van der Waals surface area contributed by atoms with E-state index in [9.17, 15) is 32.7 Å². The number of carboxylic acid groups (broad SMARTS) is 2. The zero-order valence-corrected chi connectivity index (χ0v) is 16.7. The molecule has 31 heavy (non-hydrogen) atoms. The number of nitrogens with zero attached hydrogens (tertiary/aromatic N) is 1. The summed E-state index contributed by atoms with van der Waals surface area (Å²) in [6.07, 6.45) is -4.98. The van der Waals surface area contributed by atoms with E-state index < -0.39 is 42.6 Å². The smallest absolute Gasteiger partial charge is 0.416 e. The summed E-state index contributed by atoms with van der Waals surface area (Å²) in [4.78, 5) is 35.5. The largest absolute Gasteiger partial charge is 0.496 e. The fourth-order valence-corrected chi connectivity index (χ4v) is 3.12. The van der Waals surface area contributed by atoms with Crippen molar-refractivity contribution in [2.45, 2.75) is 26.1 Å². The topological polar surface area (TPSA) is 104 Å². The van der Waals surface area contributed by atoms with Crippen LogP contribution in [0.25, 0.3) is 11.1 Å². The van der Waals surface area contributed by atoms with Crippen molar-refractivity contribution in [3.63, 3.8) is 0 Å². The van der Waals surface area contributed by atoms with Gasteiger partial charge in [-0.15, -0.1) is 0 Å². The third kappa shape index (κ3) is 5.97. The molecule has 1 amide bonds. The molecular weight excluding hydrogens is 419 g/mol. The van der Waals surface area contributed by atoms with E-state index in [2.05, 4.69) is 0 Å². The molecule has 166 valence electrons. The first-order chi connectivity index (χ1) is 14.4. The van der Waals surface area contributed by atoms with Crippen molar-refractivity contribution in [2.24, 2.45) is 0 Å². The first-order valence-electron chi connectivity index (χ1n) is 8.99. The van der Waals surface area contributed by atoms with E-state index in [-0.39, 0.29) is 29.0 Å². The summed E-state index contributed by atoms with van der Waals surface area (Å²) < 4.78 is 44.2. The summed E-state index contributed by atoms with van der Waals surface area (Å²) in [5.41, 5.74) is 0.269. The monoisotopic (exact) mass is 439 g/mol. The van der Waals surface area contributed by atoms with Gasteiger partial charge in [0.2, 0.25) is 5.91 Å². The lowest BCUT2D eigenvalue weighted by atomic mass is 9.91. The summed E-state index contributed by atoms with van der Waals surface area (Å²) in [6, 6.07) is 7.12. The highest BCUT2D eigenvalue weighted by molar-refractivity contribution is 5.82. The van der Waals surface area contributed by atoms with Gasteiger partial charge >= 0.3 is 18.1 Å². The van der Waals surface area contributed by atoms with Crippen LogP contribution < -0.4 is 4.74 Å². The summed E-state index contributed by atoms with van der Waals surface area (Å²) >= 11 is 0. The Hall–Kier alpha value is -3.56. The molecule has 0 saturated heterocycles. The maximum atomic E-state index is 12.9. The SMILES string of the molecule is COc1ccc(CC(=O)O)c(CN(CC(=O)O)C(C)=O)c1-c1ccc(C(F)(F)F)cc1. The molecule has 10 heteroatoms. The van der Waals surface area contributed by atoms with E-state index in [0.717, 1.165) is 24.0 Å². The molecule has 2 aromatic rings. The summed E-state index contributed by atoms with van der Waals surface area (Å²) in [7, 11) is 1.34. The Kier molecular flexibility index (Phi) is 7.27. The lowest BCUT2D eigenvalue weighted by Crippen LogP contribution is -2.34. The number of ether oxygens (including phenoxy) is 1. The standard InChI is InChI=1S/C21H20F3NO6/c1-12(26)25(11-19(29)30)10-16-14(9-18(27)28)5-8-17(31-2)20(16)13-3-6-15(7-4-13)21(22,23)24/h3-8H,9-11H2,1-2H3,(H,27,28)(H,29,30). The first-order valence-corrected chi connectivity index (χ1v) is 8.99. The molecule has 0 saturated carbocycles. The minimum absolute atomic E-state index is 0.239. The Morgan fingerprint density at radius 1 is 1.00 bits per heavy atom. The highest BCUT2D eigenvalue weighted by Gasteiger charge is 2.30. The van der Waals surface area contributed by atoms with Crippen LogP contribution in [-0.4, -0.2) is 46.6 Å². The molecule has 0 fully saturated rings. The Morgan fingerprint density at radius 3 is 2.06 bits per heavy atom. The van der Waals surface area contributed by atoms with Crippen molar-refractivity contribution in [3.8, 4) is 16.9 Å². The molecule has 0 aliphatic rings. The normalized spacial score (nSPS) is 11.1. The molecular formula is C21H20F3NO6. The molecule has 0 bridgehead atoms. The quantitative estimate of drug-likeness (QED) is 0.653. The molecule has 0 radical (unpaired) electrons. The highest BCUT2D eigenvalue weighted by atomic mass is 19.4. The number of hydrogen-bond acceptors (Lipinski definition) is 4. The van der Waals surface area contributed by atoms with E-state index in [1.807, 2.05) is 0 Å².